The predicted molar refractivity (Wildman–Crippen MR) is 65.6 cm³/mol. The number of nitrogens with one attached hydrogen (secondary N) is 1. The highest BCUT2D eigenvalue weighted by Gasteiger charge is 2.26. The van der Waals surface area contributed by atoms with Gasteiger partial charge in [0.05, 0.1) is 18.4 Å². The summed E-state index contributed by atoms with van der Waals surface area (Å²) in [6.45, 7) is 7.60. The molecular weight excluding hydrogens is 218 g/mol. The molecule has 0 amide bonds. The Morgan fingerprint density at radius 3 is 2.82 bits per heavy atom. The zero-order valence-corrected chi connectivity index (χ0v) is 9.49. The number of fused-ring (bicyclic) bond motifs is 1. The third-order valence-corrected chi connectivity index (χ3v) is 2.79. The molecule has 88 valence electrons. The molecule has 0 bridgehead atoms. The highest BCUT2D eigenvalue weighted by Crippen LogP contribution is 2.36. The normalized spacial score (nSPS) is 18.4. The fourth-order valence-corrected chi connectivity index (χ4v) is 1.80. The van der Waals surface area contributed by atoms with Gasteiger partial charge in [0.25, 0.3) is 0 Å². The molecule has 1 unspecified atom stereocenters. The van der Waals surface area contributed by atoms with E-state index >= 15 is 0 Å². The van der Waals surface area contributed by atoms with E-state index < -0.39 is 12.2 Å². The molecule has 1 atom stereocenters. The lowest BCUT2D eigenvalue weighted by molar-refractivity contribution is 0.0601. The van der Waals surface area contributed by atoms with Crippen molar-refractivity contribution in [2.45, 2.75) is 6.23 Å². The van der Waals surface area contributed by atoms with Gasteiger partial charge in [0.1, 0.15) is 0 Å². The third kappa shape index (κ3) is 1.72. The Hall–Kier alpha value is -2.07. The van der Waals surface area contributed by atoms with Gasteiger partial charge in [-0.25, -0.2) is 4.79 Å². The van der Waals surface area contributed by atoms with Crippen LogP contribution in [0.4, 0.5) is 5.69 Å². The Labute approximate surface area is 99.2 Å². The highest BCUT2D eigenvalue weighted by molar-refractivity contribution is 6.01. The van der Waals surface area contributed by atoms with Crippen LogP contribution in [-0.4, -0.2) is 24.4 Å². The third-order valence-electron chi connectivity index (χ3n) is 2.79. The average Bonchev–Trinajstić information content (AvgIpc) is 2.34. The second kappa shape index (κ2) is 4.07. The Balaban J connectivity index is 2.60. The lowest BCUT2D eigenvalue weighted by atomic mass is 9.91. The Kier molecular flexibility index (Phi) is 2.73. The SMILES string of the molecule is C=C1C(=C)C(O)Nc2c1cccc2C(=O)OC. The number of anilines is 1. The van der Waals surface area contributed by atoms with E-state index in [0.717, 1.165) is 5.56 Å². The molecule has 1 aromatic carbocycles. The van der Waals surface area contributed by atoms with Crippen molar-refractivity contribution in [2.75, 3.05) is 12.4 Å². The maximum Gasteiger partial charge on any atom is 0.339 e. The van der Waals surface area contributed by atoms with Crippen LogP contribution in [0.15, 0.2) is 36.9 Å². The largest absolute Gasteiger partial charge is 0.465 e. The summed E-state index contributed by atoms with van der Waals surface area (Å²) in [5.41, 5.74) is 2.78. The van der Waals surface area contributed by atoms with Crippen molar-refractivity contribution in [3.8, 4) is 0 Å². The Bertz CT molecular complexity index is 519. The number of ether oxygens (including phenoxy) is 1. The smallest absolute Gasteiger partial charge is 0.339 e. The predicted octanol–water partition coefficient (Wildman–Crippen LogP) is 1.79. The fraction of sp³-hybridized carbons (Fsp3) is 0.154. The number of esters is 1. The molecule has 4 heteroatoms. The summed E-state index contributed by atoms with van der Waals surface area (Å²) in [5.74, 6) is -0.457. The van der Waals surface area contributed by atoms with Crippen LogP contribution in [0, 0.1) is 0 Å². The van der Waals surface area contributed by atoms with Gasteiger partial charge in [-0.3, -0.25) is 0 Å². The first-order valence-corrected chi connectivity index (χ1v) is 5.10. The molecule has 0 aromatic heterocycles. The lowest BCUT2D eigenvalue weighted by Crippen LogP contribution is -2.28. The van der Waals surface area contributed by atoms with Crippen molar-refractivity contribution in [3.05, 3.63) is 48.1 Å². The van der Waals surface area contributed by atoms with E-state index in [2.05, 4.69) is 23.2 Å². The van der Waals surface area contributed by atoms with E-state index in [0.29, 0.717) is 22.4 Å². The van der Waals surface area contributed by atoms with Crippen molar-refractivity contribution in [1.29, 1.82) is 0 Å². The topological polar surface area (TPSA) is 58.6 Å². The van der Waals surface area contributed by atoms with Gasteiger partial charge in [-0.2, -0.15) is 0 Å². The standard InChI is InChI=1S/C13H13NO3/c1-7-8(2)12(15)14-11-9(7)5-4-6-10(11)13(16)17-3/h4-6,12,14-15H,1-2H2,3H3. The van der Waals surface area contributed by atoms with Gasteiger partial charge in [-0.05, 0) is 11.6 Å². The number of hydrogen-bond donors (Lipinski definition) is 2. The summed E-state index contributed by atoms with van der Waals surface area (Å²) in [6, 6.07) is 5.18. The minimum absolute atomic E-state index is 0.373. The van der Waals surface area contributed by atoms with Crippen LogP contribution in [0.2, 0.25) is 0 Å². The van der Waals surface area contributed by atoms with E-state index in [1.54, 1.807) is 12.1 Å². The van der Waals surface area contributed by atoms with Crippen molar-refractivity contribution < 1.29 is 14.6 Å². The van der Waals surface area contributed by atoms with Gasteiger partial charge in [0, 0.05) is 11.1 Å². The zero-order valence-electron chi connectivity index (χ0n) is 9.49. The first-order chi connectivity index (χ1) is 8.06. The van der Waals surface area contributed by atoms with Crippen molar-refractivity contribution >= 4 is 17.2 Å². The molecule has 0 radical (unpaired) electrons. The van der Waals surface area contributed by atoms with Crippen LogP contribution in [0.25, 0.3) is 5.57 Å². The fourth-order valence-electron chi connectivity index (χ4n) is 1.80. The van der Waals surface area contributed by atoms with Crippen LogP contribution in [0.1, 0.15) is 15.9 Å². The summed E-state index contributed by atoms with van der Waals surface area (Å²) in [6.07, 6.45) is -0.930. The number of aliphatic hydroxyl groups excluding tert-OH is 1. The molecule has 2 rings (SSSR count). The number of para-hydroxylation sites is 1. The Morgan fingerprint density at radius 1 is 1.47 bits per heavy atom. The molecule has 1 aromatic rings. The number of benzene rings is 1. The van der Waals surface area contributed by atoms with Crippen LogP contribution in [-0.2, 0) is 4.74 Å². The molecule has 4 nitrogen and oxygen atoms in total. The van der Waals surface area contributed by atoms with E-state index in [4.69, 9.17) is 0 Å². The van der Waals surface area contributed by atoms with Crippen molar-refractivity contribution in [3.63, 3.8) is 0 Å². The molecule has 1 aliphatic rings. The average molecular weight is 231 g/mol. The van der Waals surface area contributed by atoms with Gasteiger partial charge in [0.2, 0.25) is 0 Å². The summed E-state index contributed by atoms with van der Waals surface area (Å²) >= 11 is 0. The minimum atomic E-state index is -0.930. The molecule has 1 aliphatic heterocycles. The first-order valence-electron chi connectivity index (χ1n) is 5.10. The maximum atomic E-state index is 11.6. The van der Waals surface area contributed by atoms with Crippen LogP contribution in [0.3, 0.4) is 0 Å². The highest BCUT2D eigenvalue weighted by atomic mass is 16.5. The van der Waals surface area contributed by atoms with Crippen LogP contribution < -0.4 is 5.32 Å². The quantitative estimate of drug-likeness (QED) is 0.723. The molecule has 2 N–H and O–H groups in total. The number of methoxy groups -OCH3 is 1. The molecule has 0 aliphatic carbocycles. The summed E-state index contributed by atoms with van der Waals surface area (Å²) in [7, 11) is 1.31. The maximum absolute atomic E-state index is 11.6. The second-order valence-corrected chi connectivity index (χ2v) is 3.77. The number of hydrogen-bond acceptors (Lipinski definition) is 4. The lowest BCUT2D eigenvalue weighted by Gasteiger charge is -2.28. The molecule has 0 fully saturated rings. The molecule has 1 heterocycles. The number of carbonyl (C=O) groups is 1. The van der Waals surface area contributed by atoms with E-state index in [1.807, 2.05) is 6.07 Å². The summed E-state index contributed by atoms with van der Waals surface area (Å²) < 4.78 is 4.69. The van der Waals surface area contributed by atoms with Gasteiger partial charge >= 0.3 is 5.97 Å². The summed E-state index contributed by atoms with van der Waals surface area (Å²) in [4.78, 5) is 11.6. The van der Waals surface area contributed by atoms with E-state index in [-0.39, 0.29) is 0 Å². The first kappa shape index (κ1) is 11.4. The summed E-state index contributed by atoms with van der Waals surface area (Å²) in [5, 5.41) is 12.6. The molecule has 17 heavy (non-hydrogen) atoms. The van der Waals surface area contributed by atoms with Crippen LogP contribution >= 0.6 is 0 Å². The number of rotatable bonds is 1. The number of carbonyl (C=O) groups excluding carboxylic acids is 1. The van der Waals surface area contributed by atoms with Gasteiger partial charge in [0.15, 0.2) is 6.23 Å². The van der Waals surface area contributed by atoms with Gasteiger partial charge in [-0.15, -0.1) is 0 Å². The molecule has 0 saturated carbocycles. The molecule has 0 saturated heterocycles. The van der Waals surface area contributed by atoms with Crippen molar-refractivity contribution in [2.24, 2.45) is 0 Å². The monoisotopic (exact) mass is 231 g/mol. The molecule has 0 spiro atoms. The van der Waals surface area contributed by atoms with Crippen molar-refractivity contribution in [1.82, 2.24) is 0 Å². The number of aliphatic hydroxyl groups is 1. The van der Waals surface area contributed by atoms with Gasteiger partial charge in [-0.1, -0.05) is 25.3 Å². The van der Waals surface area contributed by atoms with E-state index in [1.165, 1.54) is 7.11 Å². The Morgan fingerprint density at radius 2 is 2.18 bits per heavy atom. The van der Waals surface area contributed by atoms with Gasteiger partial charge < -0.3 is 15.2 Å². The minimum Gasteiger partial charge on any atom is -0.465 e. The zero-order chi connectivity index (χ0) is 12.6. The van der Waals surface area contributed by atoms with Crippen LogP contribution in [0.5, 0.6) is 0 Å². The molecular formula is C13H13NO3. The second-order valence-electron chi connectivity index (χ2n) is 3.77. The van der Waals surface area contributed by atoms with E-state index in [9.17, 15) is 9.90 Å².